The number of hydrogen-bond acceptors (Lipinski definition) is 3. The highest BCUT2D eigenvalue weighted by molar-refractivity contribution is 5.86. The molecule has 0 radical (unpaired) electrons. The molecule has 1 saturated heterocycles. The van der Waals surface area contributed by atoms with Crippen LogP contribution < -0.4 is 11.1 Å². The first-order chi connectivity index (χ1) is 15.0. The molecule has 1 aromatic heterocycles. The van der Waals surface area contributed by atoms with E-state index < -0.39 is 6.04 Å². The lowest BCUT2D eigenvalue weighted by Gasteiger charge is -2.40. The number of carbonyl (C=O) groups is 2. The molecular weight excluding hydrogens is 390 g/mol. The third-order valence-corrected chi connectivity index (χ3v) is 5.92. The zero-order chi connectivity index (χ0) is 21.8. The van der Waals surface area contributed by atoms with E-state index in [1.165, 1.54) is 0 Å². The van der Waals surface area contributed by atoms with Crippen molar-refractivity contribution in [2.45, 2.75) is 32.0 Å². The minimum Gasteiger partial charge on any atom is -0.361 e. The first-order valence-corrected chi connectivity index (χ1v) is 10.7. The number of amides is 3. The number of nitrogens with zero attached hydrogens (tertiary/aromatic N) is 2. The number of urea groups is 1. The van der Waals surface area contributed by atoms with Crippen molar-refractivity contribution in [2.24, 2.45) is 5.73 Å². The molecule has 0 spiro atoms. The molecule has 2 aromatic carbocycles. The topological polar surface area (TPSA) is 94.5 Å². The number of aromatic amines is 1. The Bertz CT molecular complexity index is 1050. The molecular formula is C24H29N5O2. The lowest BCUT2D eigenvalue weighted by atomic mass is 10.0. The van der Waals surface area contributed by atoms with Crippen LogP contribution in [0.5, 0.6) is 0 Å². The minimum absolute atomic E-state index is 0.0681. The first kappa shape index (κ1) is 20.9. The summed E-state index contributed by atoms with van der Waals surface area (Å²) >= 11 is 0. The number of carbonyl (C=O) groups excluding carboxylic acids is 2. The molecule has 4 rings (SSSR count). The molecule has 162 valence electrons. The van der Waals surface area contributed by atoms with E-state index in [1.54, 1.807) is 9.80 Å². The number of benzene rings is 2. The summed E-state index contributed by atoms with van der Waals surface area (Å²) in [6.45, 7) is 3.92. The lowest BCUT2D eigenvalue weighted by molar-refractivity contribution is -0.134. The Kier molecular flexibility index (Phi) is 6.23. The van der Waals surface area contributed by atoms with Gasteiger partial charge in [0, 0.05) is 49.3 Å². The fourth-order valence-corrected chi connectivity index (χ4v) is 4.19. The molecule has 0 aliphatic carbocycles. The number of nitrogens with two attached hydrogens (primary N) is 1. The van der Waals surface area contributed by atoms with Crippen molar-refractivity contribution in [3.8, 4) is 0 Å². The smallest absolute Gasteiger partial charge is 0.318 e. The van der Waals surface area contributed by atoms with Gasteiger partial charge in [-0.15, -0.1) is 0 Å². The van der Waals surface area contributed by atoms with Gasteiger partial charge >= 0.3 is 6.03 Å². The largest absolute Gasteiger partial charge is 0.361 e. The van der Waals surface area contributed by atoms with Gasteiger partial charge in [-0.05, 0) is 30.5 Å². The van der Waals surface area contributed by atoms with Crippen LogP contribution >= 0.6 is 0 Å². The number of hydrogen-bond donors (Lipinski definition) is 3. The van der Waals surface area contributed by atoms with Crippen molar-refractivity contribution in [1.82, 2.24) is 20.1 Å². The summed E-state index contributed by atoms with van der Waals surface area (Å²) in [4.78, 5) is 32.4. The van der Waals surface area contributed by atoms with Crippen LogP contribution in [0.3, 0.4) is 0 Å². The highest BCUT2D eigenvalue weighted by Gasteiger charge is 2.31. The summed E-state index contributed by atoms with van der Waals surface area (Å²) in [7, 11) is 0. The molecule has 4 N–H and O–H groups in total. The Balaban J connectivity index is 1.31. The summed E-state index contributed by atoms with van der Waals surface area (Å²) < 4.78 is 0. The molecule has 7 nitrogen and oxygen atoms in total. The number of nitrogens with one attached hydrogen (secondary N) is 2. The Labute approximate surface area is 182 Å². The zero-order valence-corrected chi connectivity index (χ0v) is 17.8. The fourth-order valence-electron chi connectivity index (χ4n) is 4.19. The summed E-state index contributed by atoms with van der Waals surface area (Å²) in [6.07, 6.45) is 2.41. The van der Waals surface area contributed by atoms with Crippen LogP contribution in [0.15, 0.2) is 60.8 Å². The molecule has 2 heterocycles. The van der Waals surface area contributed by atoms with Gasteiger partial charge < -0.3 is 25.8 Å². The molecule has 7 heteroatoms. The van der Waals surface area contributed by atoms with Crippen LogP contribution in [0.1, 0.15) is 18.1 Å². The number of para-hydroxylation sites is 1. The SMILES string of the molecule is CC1CN(C(=O)C(N)Cc2c[nH]c3ccccc23)CCN1C(=O)NCc1ccccc1. The molecule has 31 heavy (non-hydrogen) atoms. The van der Waals surface area contributed by atoms with E-state index in [0.717, 1.165) is 22.0 Å². The number of H-pyrrole nitrogens is 1. The van der Waals surface area contributed by atoms with E-state index in [4.69, 9.17) is 5.73 Å². The Morgan fingerprint density at radius 3 is 2.65 bits per heavy atom. The highest BCUT2D eigenvalue weighted by atomic mass is 16.2. The van der Waals surface area contributed by atoms with Crippen molar-refractivity contribution < 1.29 is 9.59 Å². The van der Waals surface area contributed by atoms with E-state index in [-0.39, 0.29) is 18.0 Å². The van der Waals surface area contributed by atoms with E-state index in [1.807, 2.05) is 67.7 Å². The number of rotatable bonds is 5. The van der Waals surface area contributed by atoms with Crippen molar-refractivity contribution in [3.63, 3.8) is 0 Å². The fraction of sp³-hybridized carbons (Fsp3) is 0.333. The second-order valence-electron chi connectivity index (χ2n) is 8.14. The minimum atomic E-state index is -0.607. The maximum absolute atomic E-state index is 13.0. The van der Waals surface area contributed by atoms with Gasteiger partial charge in [0.05, 0.1) is 6.04 Å². The summed E-state index contributed by atoms with van der Waals surface area (Å²) in [6, 6.07) is 17.0. The normalized spacial score (nSPS) is 17.5. The van der Waals surface area contributed by atoms with E-state index in [2.05, 4.69) is 10.3 Å². The van der Waals surface area contributed by atoms with Crippen molar-refractivity contribution in [1.29, 1.82) is 0 Å². The molecule has 3 amide bonds. The second kappa shape index (κ2) is 9.22. The average molecular weight is 420 g/mol. The number of aromatic nitrogens is 1. The summed E-state index contributed by atoms with van der Waals surface area (Å²) in [5.74, 6) is -0.0681. The van der Waals surface area contributed by atoms with Gasteiger partial charge in [0.15, 0.2) is 0 Å². The Morgan fingerprint density at radius 1 is 1.13 bits per heavy atom. The van der Waals surface area contributed by atoms with E-state index >= 15 is 0 Å². The molecule has 2 unspecified atom stereocenters. The highest BCUT2D eigenvalue weighted by Crippen LogP contribution is 2.20. The van der Waals surface area contributed by atoms with Gasteiger partial charge in [-0.25, -0.2) is 4.79 Å². The summed E-state index contributed by atoms with van der Waals surface area (Å²) in [5.41, 5.74) is 9.43. The van der Waals surface area contributed by atoms with Crippen LogP contribution in [-0.4, -0.2) is 58.4 Å². The Morgan fingerprint density at radius 2 is 1.87 bits per heavy atom. The Hall–Kier alpha value is -3.32. The standard InChI is InChI=1S/C24H29N5O2/c1-17-16-28(11-12-29(17)24(31)27-14-18-7-3-2-4-8-18)23(30)21(25)13-19-15-26-22-10-6-5-9-20(19)22/h2-10,15,17,21,26H,11-14,16,25H2,1H3,(H,27,31). The van der Waals surface area contributed by atoms with Crippen molar-refractivity contribution in [2.75, 3.05) is 19.6 Å². The summed E-state index contributed by atoms with van der Waals surface area (Å²) in [5, 5.41) is 4.06. The quantitative estimate of drug-likeness (QED) is 0.593. The predicted octanol–water partition coefficient (Wildman–Crippen LogP) is 2.48. The molecule has 1 aliphatic heterocycles. The van der Waals surface area contributed by atoms with Crippen LogP contribution in [0.2, 0.25) is 0 Å². The molecule has 1 fully saturated rings. The van der Waals surface area contributed by atoms with Gasteiger partial charge in [-0.3, -0.25) is 4.79 Å². The van der Waals surface area contributed by atoms with Crippen LogP contribution in [0.25, 0.3) is 10.9 Å². The third kappa shape index (κ3) is 4.72. The van der Waals surface area contributed by atoms with Crippen molar-refractivity contribution in [3.05, 3.63) is 71.9 Å². The molecule has 1 aliphatic rings. The molecule has 0 bridgehead atoms. The average Bonchev–Trinajstić information content (AvgIpc) is 3.20. The predicted molar refractivity (Wildman–Crippen MR) is 121 cm³/mol. The van der Waals surface area contributed by atoms with E-state index in [9.17, 15) is 9.59 Å². The zero-order valence-electron chi connectivity index (χ0n) is 17.8. The van der Waals surface area contributed by atoms with Gasteiger partial charge in [-0.1, -0.05) is 48.5 Å². The second-order valence-corrected chi connectivity index (χ2v) is 8.14. The monoisotopic (exact) mass is 419 g/mol. The van der Waals surface area contributed by atoms with Crippen LogP contribution in [0, 0.1) is 0 Å². The van der Waals surface area contributed by atoms with Gasteiger partial charge in [0.2, 0.25) is 5.91 Å². The van der Waals surface area contributed by atoms with Crippen LogP contribution in [-0.2, 0) is 17.8 Å². The molecule has 3 aromatic rings. The van der Waals surface area contributed by atoms with Gasteiger partial charge in [-0.2, -0.15) is 0 Å². The maximum Gasteiger partial charge on any atom is 0.318 e. The molecule has 2 atom stereocenters. The lowest BCUT2D eigenvalue weighted by Crippen LogP contribution is -2.59. The van der Waals surface area contributed by atoms with Gasteiger partial charge in [0.1, 0.15) is 0 Å². The van der Waals surface area contributed by atoms with Crippen molar-refractivity contribution >= 4 is 22.8 Å². The van der Waals surface area contributed by atoms with Crippen LogP contribution in [0.4, 0.5) is 4.79 Å². The number of piperazine rings is 1. The first-order valence-electron chi connectivity index (χ1n) is 10.7. The molecule has 0 saturated carbocycles. The maximum atomic E-state index is 13.0. The third-order valence-electron chi connectivity index (χ3n) is 5.92. The van der Waals surface area contributed by atoms with E-state index in [0.29, 0.717) is 32.6 Å². The van der Waals surface area contributed by atoms with Gasteiger partial charge in [0.25, 0.3) is 0 Å². The number of fused-ring (bicyclic) bond motifs is 1.